The number of nitriles is 1. The standard InChI is InChI=1S/C31H27FN4O4S/c1-18-25(13-14-34-29(18)32)21-9-11-24(12-10-21)41(39,40)28-30(37)35-26(16-19-5-6-19)36(31(28)38)27(22-7-8-22)23-4-2-3-20(15-23)17-33/h2-4,9-15,19,22,27,38H,5-8,16H2,1H3/t27-/m0/s1. The molecule has 208 valence electrons. The summed E-state index contributed by atoms with van der Waals surface area (Å²) in [5.41, 5.74) is 1.65. The number of sulfone groups is 1. The van der Waals surface area contributed by atoms with Crippen LogP contribution in [-0.2, 0) is 16.3 Å². The summed E-state index contributed by atoms with van der Waals surface area (Å²) < 4.78 is 43.2. The van der Waals surface area contributed by atoms with Crippen LogP contribution in [-0.4, -0.2) is 28.1 Å². The Hall–Kier alpha value is -4.36. The normalized spacial score (nSPS) is 15.8. The summed E-state index contributed by atoms with van der Waals surface area (Å²) in [6, 6.07) is 16.0. The average Bonchev–Trinajstić information content (AvgIpc) is 3.89. The van der Waals surface area contributed by atoms with Gasteiger partial charge in [0.15, 0.2) is 4.90 Å². The molecule has 2 aliphatic rings. The van der Waals surface area contributed by atoms with Crippen molar-refractivity contribution in [3.8, 4) is 23.1 Å². The van der Waals surface area contributed by atoms with Crippen LogP contribution in [0.15, 0.2) is 75.4 Å². The van der Waals surface area contributed by atoms with Crippen LogP contribution in [0.2, 0.25) is 0 Å². The number of hydrogen-bond acceptors (Lipinski definition) is 7. The molecule has 0 spiro atoms. The van der Waals surface area contributed by atoms with E-state index in [1.807, 2.05) is 6.07 Å². The number of benzene rings is 2. The topological polar surface area (TPSA) is 126 Å². The van der Waals surface area contributed by atoms with Crippen molar-refractivity contribution in [3.63, 3.8) is 0 Å². The van der Waals surface area contributed by atoms with Crippen LogP contribution in [0.25, 0.3) is 11.1 Å². The minimum Gasteiger partial charge on any atom is -0.493 e. The van der Waals surface area contributed by atoms with Crippen molar-refractivity contribution in [3.05, 3.63) is 99.6 Å². The molecule has 0 unspecified atom stereocenters. The van der Waals surface area contributed by atoms with E-state index in [1.54, 1.807) is 31.2 Å². The second-order valence-electron chi connectivity index (χ2n) is 10.8. The lowest BCUT2D eigenvalue weighted by Crippen LogP contribution is -2.28. The second kappa shape index (κ2) is 10.2. The highest BCUT2D eigenvalue weighted by atomic mass is 32.2. The Morgan fingerprint density at radius 2 is 1.85 bits per heavy atom. The quantitative estimate of drug-likeness (QED) is 0.292. The van der Waals surface area contributed by atoms with Gasteiger partial charge in [-0.3, -0.25) is 9.36 Å². The van der Waals surface area contributed by atoms with Crippen LogP contribution in [0.4, 0.5) is 4.39 Å². The van der Waals surface area contributed by atoms with Gasteiger partial charge in [-0.05, 0) is 91.5 Å². The number of hydrogen-bond donors (Lipinski definition) is 1. The molecular weight excluding hydrogens is 543 g/mol. The zero-order valence-electron chi connectivity index (χ0n) is 22.3. The number of aromatic nitrogens is 3. The maximum absolute atomic E-state index is 14.0. The maximum Gasteiger partial charge on any atom is 0.296 e. The lowest BCUT2D eigenvalue weighted by Gasteiger charge is -2.26. The molecule has 0 aliphatic heterocycles. The van der Waals surface area contributed by atoms with Crippen LogP contribution < -0.4 is 5.56 Å². The first-order valence-corrected chi connectivity index (χ1v) is 15.0. The summed E-state index contributed by atoms with van der Waals surface area (Å²) in [7, 11) is -4.49. The Morgan fingerprint density at radius 3 is 2.51 bits per heavy atom. The Bertz CT molecular complexity index is 1870. The van der Waals surface area contributed by atoms with Gasteiger partial charge in [-0.15, -0.1) is 0 Å². The summed E-state index contributed by atoms with van der Waals surface area (Å²) in [4.78, 5) is 20.2. The zero-order valence-corrected chi connectivity index (χ0v) is 23.1. The summed E-state index contributed by atoms with van der Waals surface area (Å²) in [5, 5.41) is 21.1. The molecule has 1 N–H and O–H groups in total. The summed E-state index contributed by atoms with van der Waals surface area (Å²) >= 11 is 0. The van der Waals surface area contributed by atoms with E-state index in [4.69, 9.17) is 0 Å². The van der Waals surface area contributed by atoms with E-state index < -0.39 is 38.2 Å². The molecule has 2 aromatic heterocycles. The summed E-state index contributed by atoms with van der Waals surface area (Å²) in [5.74, 6) is -0.507. The molecule has 4 aromatic rings. The van der Waals surface area contributed by atoms with Crippen molar-refractivity contribution in [1.82, 2.24) is 14.5 Å². The zero-order chi connectivity index (χ0) is 28.9. The first kappa shape index (κ1) is 26.8. The molecular formula is C31H27FN4O4S. The lowest BCUT2D eigenvalue weighted by atomic mass is 9.99. The predicted octanol–water partition coefficient (Wildman–Crippen LogP) is 5.11. The van der Waals surface area contributed by atoms with Crippen molar-refractivity contribution >= 4 is 9.84 Å². The smallest absolute Gasteiger partial charge is 0.296 e. The van der Waals surface area contributed by atoms with Gasteiger partial charge in [-0.25, -0.2) is 13.4 Å². The van der Waals surface area contributed by atoms with E-state index in [0.717, 1.165) is 31.2 Å². The highest BCUT2D eigenvalue weighted by Gasteiger charge is 2.40. The van der Waals surface area contributed by atoms with E-state index in [-0.39, 0.29) is 10.8 Å². The van der Waals surface area contributed by atoms with E-state index in [9.17, 15) is 28.0 Å². The number of aromatic hydroxyl groups is 1. The van der Waals surface area contributed by atoms with Gasteiger partial charge in [0, 0.05) is 18.2 Å². The second-order valence-corrected chi connectivity index (χ2v) is 12.7. The molecule has 41 heavy (non-hydrogen) atoms. The molecule has 10 heteroatoms. The molecule has 2 heterocycles. The molecule has 2 aliphatic carbocycles. The molecule has 0 bridgehead atoms. The summed E-state index contributed by atoms with van der Waals surface area (Å²) in [6.45, 7) is 1.58. The van der Waals surface area contributed by atoms with E-state index >= 15 is 0 Å². The third kappa shape index (κ3) is 5.02. The number of pyridine rings is 1. The Kier molecular flexibility index (Phi) is 6.70. The molecule has 0 saturated heterocycles. The van der Waals surface area contributed by atoms with E-state index in [2.05, 4.69) is 16.0 Å². The third-order valence-corrected chi connectivity index (χ3v) is 9.68. The van der Waals surface area contributed by atoms with E-state index in [0.29, 0.717) is 40.4 Å². The number of rotatable bonds is 8. The highest BCUT2D eigenvalue weighted by molar-refractivity contribution is 7.91. The summed E-state index contributed by atoms with van der Waals surface area (Å²) in [6.07, 6.45) is 5.44. The van der Waals surface area contributed by atoms with Gasteiger partial charge in [0.2, 0.25) is 21.7 Å². The van der Waals surface area contributed by atoms with E-state index in [1.165, 1.54) is 35.0 Å². The molecule has 6 rings (SSSR count). The van der Waals surface area contributed by atoms with Crippen molar-refractivity contribution in [2.45, 2.75) is 54.9 Å². The van der Waals surface area contributed by atoms with Gasteiger partial charge in [-0.1, -0.05) is 24.3 Å². The van der Waals surface area contributed by atoms with Crippen LogP contribution in [0.5, 0.6) is 5.88 Å². The minimum absolute atomic E-state index is 0.0935. The molecule has 2 aromatic carbocycles. The molecule has 2 saturated carbocycles. The van der Waals surface area contributed by atoms with Crippen molar-refractivity contribution < 1.29 is 17.9 Å². The number of nitrogens with zero attached hydrogens (tertiary/aromatic N) is 4. The highest BCUT2D eigenvalue weighted by Crippen LogP contribution is 2.47. The van der Waals surface area contributed by atoms with Crippen LogP contribution >= 0.6 is 0 Å². The predicted molar refractivity (Wildman–Crippen MR) is 148 cm³/mol. The van der Waals surface area contributed by atoms with Crippen LogP contribution in [0.3, 0.4) is 0 Å². The first-order chi connectivity index (χ1) is 19.7. The molecule has 2 fully saturated rings. The maximum atomic E-state index is 14.0. The van der Waals surface area contributed by atoms with Crippen molar-refractivity contribution in [1.29, 1.82) is 5.26 Å². The Morgan fingerprint density at radius 1 is 1.12 bits per heavy atom. The van der Waals surface area contributed by atoms with Gasteiger partial charge >= 0.3 is 0 Å². The minimum atomic E-state index is -4.49. The fourth-order valence-electron chi connectivity index (χ4n) is 5.39. The van der Waals surface area contributed by atoms with Gasteiger partial charge in [0.25, 0.3) is 5.56 Å². The van der Waals surface area contributed by atoms with Gasteiger partial charge < -0.3 is 5.11 Å². The molecule has 8 nitrogen and oxygen atoms in total. The molecule has 0 amide bonds. The first-order valence-electron chi connectivity index (χ1n) is 13.5. The van der Waals surface area contributed by atoms with Crippen molar-refractivity contribution in [2.24, 2.45) is 11.8 Å². The molecule has 1 atom stereocenters. The SMILES string of the molecule is Cc1c(-c2ccc(S(=O)(=O)c3c(O)n([C@H](c4cccc(C#N)c4)C4CC4)c(CC4CC4)nc3=O)cc2)ccnc1F. The monoisotopic (exact) mass is 570 g/mol. The van der Waals surface area contributed by atoms with Crippen molar-refractivity contribution in [2.75, 3.05) is 0 Å². The van der Waals surface area contributed by atoms with Crippen LogP contribution in [0.1, 0.15) is 54.2 Å². The average molecular weight is 571 g/mol. The Labute approximate surface area is 236 Å². The van der Waals surface area contributed by atoms with Gasteiger partial charge in [0.1, 0.15) is 5.82 Å². The van der Waals surface area contributed by atoms with Gasteiger partial charge in [0.05, 0.1) is 22.6 Å². The fourth-order valence-corrected chi connectivity index (χ4v) is 6.74. The Balaban J connectivity index is 1.49. The number of halogens is 1. The molecule has 0 radical (unpaired) electrons. The fraction of sp³-hybridized carbons (Fsp3) is 0.290. The van der Waals surface area contributed by atoms with Crippen LogP contribution in [0, 0.1) is 36.0 Å². The largest absolute Gasteiger partial charge is 0.493 e. The lowest BCUT2D eigenvalue weighted by molar-refractivity contribution is 0.347. The van der Waals surface area contributed by atoms with Gasteiger partial charge in [-0.2, -0.15) is 14.6 Å². The third-order valence-electron chi connectivity index (χ3n) is 7.89.